The van der Waals surface area contributed by atoms with Crippen LogP contribution in [0.5, 0.6) is 5.75 Å². The molecule has 0 aromatic heterocycles. The molecule has 4 nitrogen and oxygen atoms in total. The third kappa shape index (κ3) is 4.22. The van der Waals surface area contributed by atoms with Gasteiger partial charge in [-0.05, 0) is 42.0 Å². The maximum absolute atomic E-state index is 12.1. The van der Waals surface area contributed by atoms with E-state index in [4.69, 9.17) is 10.00 Å². The van der Waals surface area contributed by atoms with Crippen molar-refractivity contribution in [2.45, 2.75) is 6.42 Å². The lowest BCUT2D eigenvalue weighted by Crippen LogP contribution is -2.11. The van der Waals surface area contributed by atoms with Crippen LogP contribution in [0.2, 0.25) is 0 Å². The van der Waals surface area contributed by atoms with Gasteiger partial charge in [0.25, 0.3) is 5.91 Å². The predicted molar refractivity (Wildman–Crippen MR) is 85.8 cm³/mol. The first-order valence-electron chi connectivity index (χ1n) is 6.84. The quantitative estimate of drug-likeness (QED) is 0.828. The largest absolute Gasteiger partial charge is 0.490 e. The summed E-state index contributed by atoms with van der Waals surface area (Å²) in [4.78, 5) is 12.1. The Morgan fingerprint density at radius 3 is 2.45 bits per heavy atom. The van der Waals surface area contributed by atoms with E-state index < -0.39 is 0 Å². The maximum Gasteiger partial charge on any atom is 0.255 e. The van der Waals surface area contributed by atoms with E-state index in [0.717, 1.165) is 5.56 Å². The molecule has 2 aromatic carbocycles. The highest BCUT2D eigenvalue weighted by Gasteiger charge is 2.06. The molecule has 4 heteroatoms. The molecule has 0 bridgehead atoms. The molecule has 0 aliphatic carbocycles. The average molecular weight is 292 g/mol. The molecular formula is C18H16N2O2. The highest BCUT2D eigenvalue weighted by Crippen LogP contribution is 2.15. The van der Waals surface area contributed by atoms with E-state index in [0.29, 0.717) is 30.0 Å². The number of nitrogens with one attached hydrogen (secondary N) is 1. The number of nitriles is 1. The lowest BCUT2D eigenvalue weighted by Gasteiger charge is -2.07. The van der Waals surface area contributed by atoms with Gasteiger partial charge in [0, 0.05) is 11.3 Å². The molecule has 0 aliphatic rings. The number of anilines is 1. The van der Waals surface area contributed by atoms with Crippen LogP contribution in [-0.2, 0) is 6.42 Å². The van der Waals surface area contributed by atoms with E-state index in [1.165, 1.54) is 0 Å². The summed E-state index contributed by atoms with van der Waals surface area (Å²) < 4.78 is 5.37. The van der Waals surface area contributed by atoms with Gasteiger partial charge in [0.15, 0.2) is 0 Å². The molecule has 0 radical (unpaired) electrons. The molecule has 0 saturated heterocycles. The first-order valence-corrected chi connectivity index (χ1v) is 6.84. The van der Waals surface area contributed by atoms with Crippen molar-refractivity contribution in [3.05, 3.63) is 72.3 Å². The molecule has 0 aliphatic heterocycles. The van der Waals surface area contributed by atoms with E-state index >= 15 is 0 Å². The van der Waals surface area contributed by atoms with Gasteiger partial charge in [-0.25, -0.2) is 0 Å². The number of carbonyl (C=O) groups is 1. The maximum atomic E-state index is 12.1. The summed E-state index contributed by atoms with van der Waals surface area (Å²) in [5, 5.41) is 11.4. The Kier molecular flexibility index (Phi) is 5.33. The second kappa shape index (κ2) is 7.65. The normalized spacial score (nSPS) is 9.59. The molecule has 1 amide bonds. The Hall–Kier alpha value is -3.06. The van der Waals surface area contributed by atoms with Crippen molar-refractivity contribution in [1.82, 2.24) is 0 Å². The number of benzene rings is 2. The van der Waals surface area contributed by atoms with Gasteiger partial charge >= 0.3 is 0 Å². The molecule has 22 heavy (non-hydrogen) atoms. The van der Waals surface area contributed by atoms with Gasteiger partial charge in [-0.15, -0.1) is 0 Å². The Bertz CT molecular complexity index is 683. The van der Waals surface area contributed by atoms with Crippen LogP contribution in [0, 0.1) is 11.3 Å². The van der Waals surface area contributed by atoms with Crippen LogP contribution in [0.3, 0.4) is 0 Å². The van der Waals surface area contributed by atoms with Gasteiger partial charge in [-0.1, -0.05) is 24.8 Å². The van der Waals surface area contributed by atoms with Crippen molar-refractivity contribution in [2.24, 2.45) is 0 Å². The number of hydrogen-bond acceptors (Lipinski definition) is 3. The van der Waals surface area contributed by atoms with Gasteiger partial charge in [-0.2, -0.15) is 5.26 Å². The number of carbonyl (C=O) groups excluding carboxylic acids is 1. The summed E-state index contributed by atoms with van der Waals surface area (Å²) in [6.07, 6.45) is 2.02. The summed E-state index contributed by atoms with van der Waals surface area (Å²) >= 11 is 0. The molecule has 0 spiro atoms. The van der Waals surface area contributed by atoms with E-state index in [9.17, 15) is 4.79 Å². The zero-order valence-electron chi connectivity index (χ0n) is 12.1. The first-order chi connectivity index (χ1) is 10.7. The summed E-state index contributed by atoms with van der Waals surface area (Å²) in [6, 6.07) is 16.2. The number of rotatable bonds is 6. The number of ether oxygens (including phenoxy) is 1. The molecule has 1 N–H and O–H groups in total. The Labute approximate surface area is 129 Å². The molecule has 0 saturated carbocycles. The predicted octanol–water partition coefficient (Wildman–Crippen LogP) is 3.57. The number of amides is 1. The van der Waals surface area contributed by atoms with E-state index in [2.05, 4.69) is 18.0 Å². The summed E-state index contributed by atoms with van der Waals surface area (Å²) in [5.41, 5.74) is 2.16. The first kappa shape index (κ1) is 15.3. The molecule has 0 fully saturated rings. The minimum atomic E-state index is -0.191. The van der Waals surface area contributed by atoms with Crippen molar-refractivity contribution in [2.75, 3.05) is 11.9 Å². The van der Waals surface area contributed by atoms with E-state index in [1.807, 2.05) is 12.1 Å². The van der Waals surface area contributed by atoms with E-state index in [1.54, 1.807) is 42.5 Å². The van der Waals surface area contributed by atoms with Crippen LogP contribution in [0.15, 0.2) is 61.2 Å². The van der Waals surface area contributed by atoms with Crippen molar-refractivity contribution in [3.63, 3.8) is 0 Å². The second-order valence-corrected chi connectivity index (χ2v) is 4.61. The minimum absolute atomic E-state index is 0.191. The van der Waals surface area contributed by atoms with Crippen LogP contribution >= 0.6 is 0 Å². The van der Waals surface area contributed by atoms with Crippen molar-refractivity contribution >= 4 is 11.6 Å². The molecule has 110 valence electrons. The van der Waals surface area contributed by atoms with Crippen molar-refractivity contribution in [3.8, 4) is 11.8 Å². The highest BCUT2D eigenvalue weighted by atomic mass is 16.5. The number of nitrogens with zero attached hydrogens (tertiary/aromatic N) is 1. The molecule has 0 atom stereocenters. The van der Waals surface area contributed by atoms with Crippen LogP contribution in [0.4, 0.5) is 5.69 Å². The molecular weight excluding hydrogens is 276 g/mol. The topological polar surface area (TPSA) is 62.1 Å². The standard InChI is InChI=1S/C18H16N2O2/c1-2-13-22-17-9-5-15(6-10-17)18(21)20-16-7-3-14(4-8-16)11-12-19/h2-10H,1,11,13H2,(H,20,21). The Morgan fingerprint density at radius 2 is 1.86 bits per heavy atom. The van der Waals surface area contributed by atoms with Crippen molar-refractivity contribution in [1.29, 1.82) is 5.26 Å². The SMILES string of the molecule is C=CCOc1ccc(C(=O)Nc2ccc(CC#N)cc2)cc1. The van der Waals surface area contributed by atoms with Gasteiger partial charge in [0.05, 0.1) is 12.5 Å². The second-order valence-electron chi connectivity index (χ2n) is 4.61. The highest BCUT2D eigenvalue weighted by molar-refractivity contribution is 6.04. The van der Waals surface area contributed by atoms with E-state index in [-0.39, 0.29) is 5.91 Å². The minimum Gasteiger partial charge on any atom is -0.490 e. The Morgan fingerprint density at radius 1 is 1.18 bits per heavy atom. The van der Waals surface area contributed by atoms with Crippen LogP contribution in [0.25, 0.3) is 0 Å². The molecule has 2 aromatic rings. The zero-order chi connectivity index (χ0) is 15.8. The molecule has 0 unspecified atom stereocenters. The molecule has 0 heterocycles. The van der Waals surface area contributed by atoms with Crippen LogP contribution < -0.4 is 10.1 Å². The number of hydrogen-bond donors (Lipinski definition) is 1. The third-order valence-corrected chi connectivity index (χ3v) is 2.98. The smallest absolute Gasteiger partial charge is 0.255 e. The lowest BCUT2D eigenvalue weighted by atomic mass is 10.1. The van der Waals surface area contributed by atoms with Gasteiger partial charge < -0.3 is 10.1 Å². The lowest BCUT2D eigenvalue weighted by molar-refractivity contribution is 0.102. The van der Waals surface area contributed by atoms with Crippen LogP contribution in [0.1, 0.15) is 15.9 Å². The van der Waals surface area contributed by atoms with Gasteiger partial charge in [0.1, 0.15) is 12.4 Å². The summed E-state index contributed by atoms with van der Waals surface area (Å²) in [6.45, 7) is 4.01. The third-order valence-electron chi connectivity index (χ3n) is 2.98. The summed E-state index contributed by atoms with van der Waals surface area (Å²) in [7, 11) is 0. The molecule has 2 rings (SSSR count). The zero-order valence-corrected chi connectivity index (χ0v) is 12.1. The van der Waals surface area contributed by atoms with Gasteiger partial charge in [0.2, 0.25) is 0 Å². The van der Waals surface area contributed by atoms with Crippen LogP contribution in [-0.4, -0.2) is 12.5 Å². The monoisotopic (exact) mass is 292 g/mol. The van der Waals surface area contributed by atoms with Gasteiger partial charge in [-0.3, -0.25) is 4.79 Å². The summed E-state index contributed by atoms with van der Waals surface area (Å²) in [5.74, 6) is 0.501. The fraction of sp³-hybridized carbons (Fsp3) is 0.111. The fourth-order valence-electron chi connectivity index (χ4n) is 1.86. The Balaban J connectivity index is 1.99. The average Bonchev–Trinajstić information content (AvgIpc) is 2.55. The van der Waals surface area contributed by atoms with Crippen molar-refractivity contribution < 1.29 is 9.53 Å². The fourth-order valence-corrected chi connectivity index (χ4v) is 1.86.